The molecule has 1 nitrogen and oxygen atoms in total. The molecule has 0 radical (unpaired) electrons. The predicted molar refractivity (Wildman–Crippen MR) is 103 cm³/mol. The Morgan fingerprint density at radius 3 is 1.96 bits per heavy atom. The number of aliphatic imine (C=N–C) groups is 1. The predicted octanol–water partition coefficient (Wildman–Crippen LogP) is 6.41. The third-order valence-corrected chi connectivity index (χ3v) is 4.49. The molecule has 0 bridgehead atoms. The maximum atomic E-state index is 6.26. The van der Waals surface area contributed by atoms with Gasteiger partial charge < -0.3 is 0 Å². The van der Waals surface area contributed by atoms with E-state index in [9.17, 15) is 0 Å². The van der Waals surface area contributed by atoms with E-state index in [4.69, 9.17) is 16.6 Å². The summed E-state index contributed by atoms with van der Waals surface area (Å²) < 4.78 is 0. The van der Waals surface area contributed by atoms with E-state index < -0.39 is 0 Å². The summed E-state index contributed by atoms with van der Waals surface area (Å²) in [6.45, 7) is 2.06. The zero-order chi connectivity index (χ0) is 16.5. The lowest BCUT2D eigenvalue weighted by Gasteiger charge is -2.14. The summed E-state index contributed by atoms with van der Waals surface area (Å²) in [7, 11) is 0. The molecule has 0 N–H and O–H groups in total. The number of rotatable bonds is 2. The molecule has 0 unspecified atom stereocenters. The molecule has 3 aromatic rings. The van der Waals surface area contributed by atoms with E-state index in [1.807, 2.05) is 30.3 Å². The Labute approximate surface area is 147 Å². The molecule has 1 heterocycles. The summed E-state index contributed by atoms with van der Waals surface area (Å²) in [5.41, 5.74) is 7.82. The van der Waals surface area contributed by atoms with E-state index >= 15 is 0 Å². The second-order valence-corrected chi connectivity index (χ2v) is 6.28. The molecule has 2 heteroatoms. The zero-order valence-corrected chi connectivity index (χ0v) is 14.1. The number of fused-ring (bicyclic) bond motifs is 1. The topological polar surface area (TPSA) is 12.4 Å². The van der Waals surface area contributed by atoms with Crippen LogP contribution in [0.1, 0.15) is 23.6 Å². The van der Waals surface area contributed by atoms with Gasteiger partial charge in [0.05, 0.1) is 5.69 Å². The summed E-state index contributed by atoms with van der Waals surface area (Å²) in [6, 6.07) is 26.8. The highest BCUT2D eigenvalue weighted by Crippen LogP contribution is 2.42. The monoisotopic (exact) mass is 329 g/mol. The fourth-order valence-corrected chi connectivity index (χ4v) is 3.39. The average molecular weight is 330 g/mol. The van der Waals surface area contributed by atoms with Gasteiger partial charge in [0.15, 0.2) is 0 Å². The van der Waals surface area contributed by atoms with Crippen molar-refractivity contribution in [3.05, 3.63) is 101 Å². The Hall–Kier alpha value is -2.64. The van der Waals surface area contributed by atoms with Crippen LogP contribution in [-0.2, 0) is 0 Å². The standard InChI is InChI=1S/C22H16ClN/c1-15-21(19-14-18(23)12-13-20(19)24-15)22(16-8-4-2-5-9-16)17-10-6-3-7-11-17/h2-14H,1H3. The average Bonchev–Trinajstić information content (AvgIpc) is 2.93. The highest BCUT2D eigenvalue weighted by atomic mass is 35.5. The molecule has 3 aromatic carbocycles. The molecular formula is C22H16ClN. The lowest BCUT2D eigenvalue weighted by molar-refractivity contribution is 1.53. The van der Waals surface area contributed by atoms with Crippen molar-refractivity contribution in [2.24, 2.45) is 4.99 Å². The van der Waals surface area contributed by atoms with E-state index in [0.29, 0.717) is 0 Å². The quantitative estimate of drug-likeness (QED) is 0.515. The number of hydrogen-bond donors (Lipinski definition) is 0. The summed E-state index contributed by atoms with van der Waals surface area (Å²) in [6.07, 6.45) is 0. The molecule has 0 saturated carbocycles. The Kier molecular flexibility index (Phi) is 3.79. The molecule has 4 rings (SSSR count). The first-order chi connectivity index (χ1) is 11.7. The van der Waals surface area contributed by atoms with Crippen molar-refractivity contribution in [1.29, 1.82) is 0 Å². The molecule has 0 aliphatic carbocycles. The second kappa shape index (κ2) is 6.10. The van der Waals surface area contributed by atoms with Crippen LogP contribution in [0.5, 0.6) is 0 Å². The fourth-order valence-electron chi connectivity index (χ4n) is 3.22. The maximum absolute atomic E-state index is 6.26. The van der Waals surface area contributed by atoms with Crippen LogP contribution in [0.2, 0.25) is 5.02 Å². The summed E-state index contributed by atoms with van der Waals surface area (Å²) in [5, 5.41) is 0.733. The smallest absolute Gasteiger partial charge is 0.0713 e. The third-order valence-electron chi connectivity index (χ3n) is 4.25. The van der Waals surface area contributed by atoms with Crippen molar-refractivity contribution < 1.29 is 0 Å². The maximum Gasteiger partial charge on any atom is 0.0713 e. The molecule has 1 aliphatic heterocycles. The first kappa shape index (κ1) is 14.9. The van der Waals surface area contributed by atoms with Crippen LogP contribution >= 0.6 is 11.6 Å². The minimum Gasteiger partial charge on any atom is -0.252 e. The molecule has 0 amide bonds. The number of hydrogen-bond acceptors (Lipinski definition) is 1. The number of benzene rings is 3. The van der Waals surface area contributed by atoms with Gasteiger partial charge in [0.2, 0.25) is 0 Å². The van der Waals surface area contributed by atoms with E-state index in [2.05, 4.69) is 55.5 Å². The van der Waals surface area contributed by atoms with Gasteiger partial charge in [0.1, 0.15) is 0 Å². The van der Waals surface area contributed by atoms with Gasteiger partial charge in [0.25, 0.3) is 0 Å². The highest BCUT2D eigenvalue weighted by Gasteiger charge is 2.23. The van der Waals surface area contributed by atoms with Gasteiger partial charge in [0, 0.05) is 21.9 Å². The number of nitrogens with zero attached hydrogens (tertiary/aromatic N) is 1. The third kappa shape index (κ3) is 2.57. The van der Waals surface area contributed by atoms with Crippen LogP contribution in [0.4, 0.5) is 5.69 Å². The van der Waals surface area contributed by atoms with Crippen molar-refractivity contribution in [3.63, 3.8) is 0 Å². The molecule has 116 valence electrons. The van der Waals surface area contributed by atoms with Crippen LogP contribution < -0.4 is 0 Å². The van der Waals surface area contributed by atoms with Crippen molar-refractivity contribution in [2.75, 3.05) is 0 Å². The number of halogens is 1. The Morgan fingerprint density at radius 2 is 1.38 bits per heavy atom. The molecule has 1 aliphatic rings. The van der Waals surface area contributed by atoms with Crippen molar-refractivity contribution >= 4 is 34.1 Å². The number of allylic oxidation sites excluding steroid dienone is 1. The van der Waals surface area contributed by atoms with Crippen LogP contribution in [0.25, 0.3) is 11.1 Å². The zero-order valence-electron chi connectivity index (χ0n) is 13.3. The Morgan fingerprint density at radius 1 is 0.792 bits per heavy atom. The molecule has 0 saturated heterocycles. The minimum absolute atomic E-state index is 0.733. The SMILES string of the molecule is CC1=Nc2ccc(Cl)cc2C1=C(c1ccccc1)c1ccccc1. The summed E-state index contributed by atoms with van der Waals surface area (Å²) in [5.74, 6) is 0. The molecule has 0 spiro atoms. The van der Waals surface area contributed by atoms with E-state index in [1.165, 1.54) is 16.7 Å². The van der Waals surface area contributed by atoms with Crippen LogP contribution in [0.15, 0.2) is 83.9 Å². The fraction of sp³-hybridized carbons (Fsp3) is 0.0455. The van der Waals surface area contributed by atoms with Gasteiger partial charge >= 0.3 is 0 Å². The van der Waals surface area contributed by atoms with Gasteiger partial charge in [-0.25, -0.2) is 0 Å². The molecular weight excluding hydrogens is 314 g/mol. The summed E-state index contributed by atoms with van der Waals surface area (Å²) in [4.78, 5) is 4.75. The lowest BCUT2D eigenvalue weighted by Crippen LogP contribution is -1.99. The van der Waals surface area contributed by atoms with Crippen LogP contribution in [-0.4, -0.2) is 5.71 Å². The highest BCUT2D eigenvalue weighted by molar-refractivity contribution is 6.36. The Bertz CT molecular complexity index is 912. The first-order valence-electron chi connectivity index (χ1n) is 7.95. The van der Waals surface area contributed by atoms with Gasteiger partial charge in [-0.3, -0.25) is 4.99 Å². The van der Waals surface area contributed by atoms with Gasteiger partial charge in [-0.05, 0) is 41.8 Å². The van der Waals surface area contributed by atoms with Crippen molar-refractivity contribution in [2.45, 2.75) is 6.92 Å². The molecule has 0 fully saturated rings. The van der Waals surface area contributed by atoms with Crippen LogP contribution in [0.3, 0.4) is 0 Å². The molecule has 0 aromatic heterocycles. The van der Waals surface area contributed by atoms with Crippen molar-refractivity contribution in [3.8, 4) is 0 Å². The van der Waals surface area contributed by atoms with E-state index in [-0.39, 0.29) is 0 Å². The minimum atomic E-state index is 0.733. The first-order valence-corrected chi connectivity index (χ1v) is 8.32. The van der Waals surface area contributed by atoms with Gasteiger partial charge in [-0.2, -0.15) is 0 Å². The Balaban J connectivity index is 2.06. The summed E-state index contributed by atoms with van der Waals surface area (Å²) >= 11 is 6.26. The van der Waals surface area contributed by atoms with Gasteiger partial charge in [-0.15, -0.1) is 0 Å². The largest absolute Gasteiger partial charge is 0.252 e. The van der Waals surface area contributed by atoms with Crippen molar-refractivity contribution in [1.82, 2.24) is 0 Å². The second-order valence-electron chi connectivity index (χ2n) is 5.84. The van der Waals surface area contributed by atoms with E-state index in [1.54, 1.807) is 0 Å². The van der Waals surface area contributed by atoms with Gasteiger partial charge in [-0.1, -0.05) is 72.3 Å². The van der Waals surface area contributed by atoms with E-state index in [0.717, 1.165) is 27.6 Å². The molecule has 0 atom stereocenters. The normalized spacial score (nSPS) is 12.8. The van der Waals surface area contributed by atoms with Crippen LogP contribution in [0, 0.1) is 0 Å². The molecule has 24 heavy (non-hydrogen) atoms. The lowest BCUT2D eigenvalue weighted by atomic mass is 9.88.